The molecule has 3 aromatic carbocycles. The van der Waals surface area contributed by atoms with Crippen LogP contribution in [0.5, 0.6) is 5.75 Å². The Labute approximate surface area is 192 Å². The Morgan fingerprint density at radius 2 is 1.52 bits per heavy atom. The SMILES string of the molecule is CC(C)(C)c1ccc(C(=O)Oc2ccc(/C=C3/C(=O)NN(c4ccccc4)C3=O)cc2)cc1. The second kappa shape index (κ2) is 8.74. The van der Waals surface area contributed by atoms with Crippen molar-refractivity contribution < 1.29 is 19.1 Å². The number of rotatable bonds is 4. The number of para-hydroxylation sites is 1. The molecular weight excluding hydrogens is 416 g/mol. The molecule has 1 fully saturated rings. The largest absolute Gasteiger partial charge is 0.423 e. The van der Waals surface area contributed by atoms with E-state index in [1.807, 2.05) is 18.2 Å². The minimum absolute atomic E-state index is 0.00249. The summed E-state index contributed by atoms with van der Waals surface area (Å²) in [4.78, 5) is 37.5. The van der Waals surface area contributed by atoms with Gasteiger partial charge in [-0.3, -0.25) is 15.0 Å². The zero-order valence-corrected chi connectivity index (χ0v) is 18.7. The lowest BCUT2D eigenvalue weighted by atomic mass is 9.87. The van der Waals surface area contributed by atoms with Crippen LogP contribution < -0.4 is 15.2 Å². The van der Waals surface area contributed by atoms with E-state index in [1.54, 1.807) is 60.7 Å². The third-order valence-electron chi connectivity index (χ3n) is 5.29. The van der Waals surface area contributed by atoms with Crippen molar-refractivity contribution in [1.82, 2.24) is 5.43 Å². The number of esters is 1. The van der Waals surface area contributed by atoms with Crippen molar-refractivity contribution in [3.63, 3.8) is 0 Å². The number of nitrogens with one attached hydrogen (secondary N) is 1. The van der Waals surface area contributed by atoms with Crippen LogP contribution in [-0.4, -0.2) is 17.8 Å². The molecule has 0 atom stereocenters. The Morgan fingerprint density at radius 1 is 0.879 bits per heavy atom. The molecule has 0 spiro atoms. The molecule has 0 unspecified atom stereocenters. The number of carbonyl (C=O) groups excluding carboxylic acids is 3. The second-order valence-electron chi connectivity index (χ2n) is 8.76. The maximum Gasteiger partial charge on any atom is 0.343 e. The second-order valence-corrected chi connectivity index (χ2v) is 8.76. The number of benzene rings is 3. The Morgan fingerprint density at radius 3 is 2.12 bits per heavy atom. The molecule has 0 saturated carbocycles. The number of hydrogen-bond donors (Lipinski definition) is 1. The van der Waals surface area contributed by atoms with E-state index in [0.29, 0.717) is 22.6 Å². The Balaban J connectivity index is 1.45. The first kappa shape index (κ1) is 22.0. The fourth-order valence-electron chi connectivity index (χ4n) is 3.39. The van der Waals surface area contributed by atoms with Crippen LogP contribution in [0, 0.1) is 0 Å². The lowest BCUT2D eigenvalue weighted by Crippen LogP contribution is -2.35. The van der Waals surface area contributed by atoms with Crippen molar-refractivity contribution in [3.05, 3.63) is 101 Å². The highest BCUT2D eigenvalue weighted by atomic mass is 16.5. The van der Waals surface area contributed by atoms with Crippen LogP contribution in [0.2, 0.25) is 0 Å². The molecule has 2 amide bonds. The van der Waals surface area contributed by atoms with E-state index in [1.165, 1.54) is 11.1 Å². The Kier molecular flexibility index (Phi) is 5.84. The van der Waals surface area contributed by atoms with Crippen LogP contribution in [0.3, 0.4) is 0 Å². The van der Waals surface area contributed by atoms with Gasteiger partial charge in [0.05, 0.1) is 11.3 Å². The number of carbonyl (C=O) groups is 3. The highest BCUT2D eigenvalue weighted by Crippen LogP contribution is 2.24. The molecule has 166 valence electrons. The lowest BCUT2D eigenvalue weighted by Gasteiger charge is -2.18. The van der Waals surface area contributed by atoms with Crippen molar-refractivity contribution in [2.24, 2.45) is 0 Å². The summed E-state index contributed by atoms with van der Waals surface area (Å²) in [5, 5.41) is 1.22. The number of hydrogen-bond acceptors (Lipinski definition) is 4. The zero-order valence-electron chi connectivity index (χ0n) is 18.7. The molecule has 3 aromatic rings. The maximum absolute atomic E-state index is 12.7. The van der Waals surface area contributed by atoms with Gasteiger partial charge in [0.15, 0.2) is 0 Å². The average Bonchev–Trinajstić information content (AvgIpc) is 3.08. The molecule has 1 saturated heterocycles. The number of hydrazine groups is 1. The lowest BCUT2D eigenvalue weighted by molar-refractivity contribution is -0.117. The van der Waals surface area contributed by atoms with Crippen molar-refractivity contribution >= 4 is 29.5 Å². The third kappa shape index (κ3) is 4.85. The van der Waals surface area contributed by atoms with E-state index in [2.05, 4.69) is 26.2 Å². The van der Waals surface area contributed by atoms with Crippen LogP contribution in [0.4, 0.5) is 5.69 Å². The monoisotopic (exact) mass is 440 g/mol. The van der Waals surface area contributed by atoms with Crippen molar-refractivity contribution in [2.45, 2.75) is 26.2 Å². The Hall–Kier alpha value is -4.19. The van der Waals surface area contributed by atoms with Crippen LogP contribution in [0.15, 0.2) is 84.4 Å². The maximum atomic E-state index is 12.7. The smallest absolute Gasteiger partial charge is 0.343 e. The van der Waals surface area contributed by atoms with Crippen LogP contribution in [0.1, 0.15) is 42.3 Å². The minimum Gasteiger partial charge on any atom is -0.423 e. The minimum atomic E-state index is -0.474. The Bertz CT molecular complexity index is 1220. The standard InChI is InChI=1S/C27H24N2O4/c1-27(2,3)20-13-11-19(12-14-20)26(32)33-22-15-9-18(10-16-22)17-23-24(30)28-29(25(23)31)21-7-5-4-6-8-21/h4-17H,1-3H3,(H,28,30)/b23-17-. The van der Waals surface area contributed by atoms with Gasteiger partial charge in [-0.15, -0.1) is 0 Å². The zero-order chi connectivity index (χ0) is 23.6. The first-order chi connectivity index (χ1) is 15.7. The molecule has 1 aliphatic heterocycles. The number of amides is 2. The molecule has 1 heterocycles. The van der Waals surface area contributed by atoms with Gasteiger partial charge in [-0.1, -0.05) is 63.2 Å². The van der Waals surface area contributed by atoms with E-state index in [-0.39, 0.29) is 11.0 Å². The van der Waals surface area contributed by atoms with E-state index in [4.69, 9.17) is 4.74 Å². The van der Waals surface area contributed by atoms with Gasteiger partial charge in [-0.25, -0.2) is 9.80 Å². The van der Waals surface area contributed by atoms with E-state index >= 15 is 0 Å². The molecule has 4 rings (SSSR count). The summed E-state index contributed by atoms with van der Waals surface area (Å²) in [6, 6.07) is 22.9. The van der Waals surface area contributed by atoms with Gasteiger partial charge in [0, 0.05) is 0 Å². The highest BCUT2D eigenvalue weighted by Gasteiger charge is 2.34. The summed E-state index contributed by atoms with van der Waals surface area (Å²) < 4.78 is 5.45. The van der Waals surface area contributed by atoms with Gasteiger partial charge in [0.2, 0.25) is 0 Å². The summed E-state index contributed by atoms with van der Waals surface area (Å²) in [6.07, 6.45) is 1.51. The average molecular weight is 440 g/mol. The van der Waals surface area contributed by atoms with E-state index in [9.17, 15) is 14.4 Å². The summed E-state index contributed by atoms with van der Waals surface area (Å²) in [7, 11) is 0. The molecule has 1 N–H and O–H groups in total. The molecule has 0 aliphatic carbocycles. The number of anilines is 1. The first-order valence-electron chi connectivity index (χ1n) is 10.6. The van der Waals surface area contributed by atoms with Crippen LogP contribution >= 0.6 is 0 Å². The highest BCUT2D eigenvalue weighted by molar-refractivity contribution is 6.31. The number of nitrogens with zero attached hydrogens (tertiary/aromatic N) is 1. The number of ether oxygens (including phenoxy) is 1. The molecule has 6 heteroatoms. The molecule has 0 bridgehead atoms. The normalized spacial score (nSPS) is 15.0. The van der Waals surface area contributed by atoms with Gasteiger partial charge < -0.3 is 4.74 Å². The van der Waals surface area contributed by atoms with Crippen LogP contribution in [0.25, 0.3) is 6.08 Å². The fourth-order valence-corrected chi connectivity index (χ4v) is 3.39. The topological polar surface area (TPSA) is 75.7 Å². The predicted molar refractivity (Wildman–Crippen MR) is 127 cm³/mol. The van der Waals surface area contributed by atoms with E-state index in [0.717, 1.165) is 5.56 Å². The summed E-state index contributed by atoms with van der Waals surface area (Å²) in [5.41, 5.74) is 5.41. The van der Waals surface area contributed by atoms with Crippen molar-refractivity contribution in [3.8, 4) is 5.75 Å². The van der Waals surface area contributed by atoms with Gasteiger partial charge in [-0.05, 0) is 59.0 Å². The fraction of sp³-hybridized carbons (Fsp3) is 0.148. The summed E-state index contributed by atoms with van der Waals surface area (Å²) in [6.45, 7) is 6.33. The quantitative estimate of drug-likeness (QED) is 0.277. The predicted octanol–water partition coefficient (Wildman–Crippen LogP) is 4.66. The van der Waals surface area contributed by atoms with E-state index < -0.39 is 17.8 Å². The third-order valence-corrected chi connectivity index (χ3v) is 5.29. The van der Waals surface area contributed by atoms with Crippen molar-refractivity contribution in [2.75, 3.05) is 5.01 Å². The van der Waals surface area contributed by atoms with Gasteiger partial charge in [-0.2, -0.15) is 0 Å². The molecule has 0 radical (unpaired) electrons. The first-order valence-corrected chi connectivity index (χ1v) is 10.6. The van der Waals surface area contributed by atoms with Crippen LogP contribution in [-0.2, 0) is 15.0 Å². The molecule has 0 aromatic heterocycles. The van der Waals surface area contributed by atoms with Crippen molar-refractivity contribution in [1.29, 1.82) is 0 Å². The van der Waals surface area contributed by atoms with Gasteiger partial charge in [0.1, 0.15) is 11.3 Å². The van der Waals surface area contributed by atoms with Gasteiger partial charge >= 0.3 is 5.97 Å². The molecular formula is C27H24N2O4. The molecule has 6 nitrogen and oxygen atoms in total. The summed E-state index contributed by atoms with van der Waals surface area (Å²) in [5.74, 6) is -0.987. The van der Waals surface area contributed by atoms with Gasteiger partial charge in [0.25, 0.3) is 11.8 Å². The molecule has 33 heavy (non-hydrogen) atoms. The summed E-state index contributed by atoms with van der Waals surface area (Å²) >= 11 is 0. The molecule has 1 aliphatic rings.